The third kappa shape index (κ3) is 14.9. The monoisotopic (exact) mass is 1160 g/mol. The van der Waals surface area contributed by atoms with Gasteiger partial charge in [0.25, 0.3) is 0 Å². The summed E-state index contributed by atoms with van der Waals surface area (Å²) in [6.45, 7) is 11.4. The molecule has 3 N–H and O–H groups in total. The lowest BCUT2D eigenvalue weighted by Gasteiger charge is -2.42. The Kier molecular flexibility index (Phi) is 18.8. The number of carbonyl (C=O) groups is 2. The zero-order chi connectivity index (χ0) is 59.9. The number of pyridine rings is 2. The van der Waals surface area contributed by atoms with Crippen LogP contribution in [0.5, 0.6) is 11.5 Å². The molecule has 2 aliphatic rings. The van der Waals surface area contributed by atoms with Gasteiger partial charge in [0.2, 0.25) is 0 Å². The molecule has 2 saturated heterocycles. The van der Waals surface area contributed by atoms with E-state index in [-0.39, 0.29) is 59.7 Å². The van der Waals surface area contributed by atoms with Gasteiger partial charge < -0.3 is 39.9 Å². The number of aromatic carboxylic acids is 1. The number of ketones is 1. The topological polar surface area (TPSA) is 146 Å². The fraction of sp³-hybridized carbons (Fsp3) is 0.322. The average molecular weight is 1160 g/mol. The maximum Gasteiger partial charge on any atom is 0.573 e. The molecule has 0 spiro atoms. The normalized spacial score (nSPS) is 15.7. The summed E-state index contributed by atoms with van der Waals surface area (Å²) in [6, 6.07) is 26.5. The molecule has 8 aromatic rings. The van der Waals surface area contributed by atoms with Crippen LogP contribution < -0.4 is 34.8 Å². The number of Topliss-reactive ketones (excluding diaryl/α,β-unsaturated/α-hetero) is 1. The van der Waals surface area contributed by atoms with Crippen molar-refractivity contribution in [1.82, 2.24) is 18.8 Å². The molecule has 6 heterocycles. The van der Waals surface area contributed by atoms with E-state index >= 15 is 4.39 Å². The molecule has 0 bridgehead atoms. The number of hydrogen-bond donors (Lipinski definition) is 2. The Hall–Kier alpha value is -8.54. The fourth-order valence-electron chi connectivity index (χ4n) is 10.2. The van der Waals surface area contributed by atoms with Crippen molar-refractivity contribution >= 4 is 45.8 Å². The van der Waals surface area contributed by atoms with Gasteiger partial charge in [-0.3, -0.25) is 13.6 Å². The molecule has 10 rings (SSSR count). The summed E-state index contributed by atoms with van der Waals surface area (Å²) in [4.78, 5) is 40.6. The molecule has 0 amide bonds. The van der Waals surface area contributed by atoms with E-state index < -0.39 is 30.3 Å². The van der Waals surface area contributed by atoms with Crippen molar-refractivity contribution in [3.05, 3.63) is 179 Å². The number of alkyl halides is 6. The van der Waals surface area contributed by atoms with Crippen molar-refractivity contribution in [2.75, 3.05) is 58.9 Å². The van der Waals surface area contributed by atoms with E-state index in [0.29, 0.717) is 104 Å². The number of aromatic nitrogens is 4. The van der Waals surface area contributed by atoms with Gasteiger partial charge in [-0.25, -0.2) is 32.3 Å². The minimum Gasteiger partial charge on any atom is -0.477 e. The number of rotatable bonds is 14. The number of piperazine rings is 2. The molecule has 14 nitrogen and oxygen atoms in total. The standard InChI is InChI=1S/C30H29F5N4O2.C19H21F4N3O.C10H9FN2O2/c1-3-25-29(39-13-12-21(31)17-28(39)36-25)27(40)11-5-20-4-10-26(24(32)16-20)37-14-15-38(19(2)18-37)22-6-8-23(9-7-22)41-30(33,34)35;1-13-12-25(18-7-2-14(11-24)10-17(18)20)8-9-26(13)15-3-5-16(6-4-15)27-19(21,22)23;1-2-7-9(10(14)15)13-4-3-6(11)5-8(13)12-7/h4,6-10,12-13,16-17,19H,3,5,11,14-15,18H2,1-2H3;2-7,10,13H,8-9,11-12,24H2,1H3;3-5H,2H2,1H3,(H,14,15)/t19-;13-;/m00./s1. The van der Waals surface area contributed by atoms with Gasteiger partial charge in [0, 0.05) is 100 Å². The van der Waals surface area contributed by atoms with Crippen LogP contribution in [0.2, 0.25) is 0 Å². The number of imidazole rings is 2. The Morgan fingerprint density at radius 2 is 1.01 bits per heavy atom. The number of nitrogens with zero attached hydrogens (tertiary/aromatic N) is 8. The number of carboxylic acids is 1. The van der Waals surface area contributed by atoms with Crippen molar-refractivity contribution in [1.29, 1.82) is 0 Å². The van der Waals surface area contributed by atoms with Gasteiger partial charge in [0.1, 0.15) is 51.8 Å². The zero-order valence-electron chi connectivity index (χ0n) is 45.5. The minimum atomic E-state index is -4.74. The predicted molar refractivity (Wildman–Crippen MR) is 294 cm³/mol. The first-order valence-electron chi connectivity index (χ1n) is 26.5. The van der Waals surface area contributed by atoms with Crippen LogP contribution >= 0.6 is 0 Å². The van der Waals surface area contributed by atoms with E-state index in [1.54, 1.807) is 40.8 Å². The molecule has 4 aromatic carbocycles. The highest BCUT2D eigenvalue weighted by Crippen LogP contribution is 2.32. The van der Waals surface area contributed by atoms with Gasteiger partial charge in [-0.05, 0) is 129 Å². The average Bonchev–Trinajstić information content (AvgIpc) is 4.21. The molecule has 24 heteroatoms. The summed E-state index contributed by atoms with van der Waals surface area (Å²) < 4.78 is 141. The lowest BCUT2D eigenvalue weighted by atomic mass is 10.0. The maximum absolute atomic E-state index is 15.2. The van der Waals surface area contributed by atoms with Gasteiger partial charge in [-0.15, -0.1) is 26.3 Å². The summed E-state index contributed by atoms with van der Waals surface area (Å²) in [5.41, 5.74) is 11.8. The van der Waals surface area contributed by atoms with Crippen LogP contribution in [0.3, 0.4) is 0 Å². The molecule has 0 aliphatic carbocycles. The predicted octanol–water partition coefficient (Wildman–Crippen LogP) is 12.2. The molecule has 2 atom stereocenters. The number of aryl methyl sites for hydroxylation is 3. The van der Waals surface area contributed by atoms with E-state index in [1.807, 2.05) is 49.6 Å². The van der Waals surface area contributed by atoms with Gasteiger partial charge in [-0.1, -0.05) is 26.0 Å². The summed E-state index contributed by atoms with van der Waals surface area (Å²) in [5.74, 6) is -3.26. The summed E-state index contributed by atoms with van der Waals surface area (Å²) in [7, 11) is 0. The Balaban J connectivity index is 0.000000182. The molecule has 0 radical (unpaired) electrons. The van der Waals surface area contributed by atoms with Crippen LogP contribution in [0, 0.1) is 23.3 Å². The molecular weight excluding hydrogens is 1100 g/mol. The van der Waals surface area contributed by atoms with Crippen LogP contribution in [-0.2, 0) is 25.8 Å². The van der Waals surface area contributed by atoms with Crippen molar-refractivity contribution in [2.24, 2.45) is 5.73 Å². The third-order valence-electron chi connectivity index (χ3n) is 14.1. The number of benzene rings is 4. The Morgan fingerprint density at radius 3 is 1.41 bits per heavy atom. The molecule has 83 heavy (non-hydrogen) atoms. The Labute approximate surface area is 470 Å². The zero-order valence-corrected chi connectivity index (χ0v) is 45.5. The van der Waals surface area contributed by atoms with Gasteiger partial charge in [-0.2, -0.15) is 0 Å². The van der Waals surface area contributed by atoms with Gasteiger partial charge in [0.05, 0.1) is 22.8 Å². The number of carbonyl (C=O) groups excluding carboxylic acids is 1. The fourth-order valence-corrected chi connectivity index (χ4v) is 10.2. The van der Waals surface area contributed by atoms with Crippen LogP contribution in [0.15, 0.2) is 122 Å². The number of fused-ring (bicyclic) bond motifs is 2. The summed E-state index contributed by atoms with van der Waals surface area (Å²) >= 11 is 0. The lowest BCUT2D eigenvalue weighted by molar-refractivity contribution is -0.275. The van der Waals surface area contributed by atoms with Gasteiger partial charge in [0.15, 0.2) is 11.5 Å². The third-order valence-corrected chi connectivity index (χ3v) is 14.1. The first-order chi connectivity index (χ1) is 39.4. The number of carboxylic acid groups (broad SMARTS) is 1. The Bertz CT molecular complexity index is 3560. The molecule has 2 fully saturated rings. The Morgan fingerprint density at radius 1 is 0.590 bits per heavy atom. The number of halogens is 10. The summed E-state index contributed by atoms with van der Waals surface area (Å²) in [5, 5.41) is 9.00. The second kappa shape index (κ2) is 25.7. The van der Waals surface area contributed by atoms with E-state index in [4.69, 9.17) is 10.8 Å². The molecular formula is C59H59F10N9O5. The largest absolute Gasteiger partial charge is 0.573 e. The van der Waals surface area contributed by atoms with Gasteiger partial charge >= 0.3 is 18.7 Å². The number of hydrogen-bond acceptors (Lipinski definition) is 11. The first-order valence-corrected chi connectivity index (χ1v) is 26.5. The minimum absolute atomic E-state index is 0.0263. The van der Waals surface area contributed by atoms with Crippen molar-refractivity contribution in [2.45, 2.75) is 84.7 Å². The second-order valence-electron chi connectivity index (χ2n) is 19.7. The number of nitrogens with two attached hydrogens (primary N) is 1. The number of anilines is 4. The second-order valence-corrected chi connectivity index (χ2v) is 19.7. The molecule has 0 saturated carbocycles. The highest BCUT2D eigenvalue weighted by atomic mass is 19.4. The molecule has 2 aliphatic heterocycles. The van der Waals surface area contributed by atoms with E-state index in [0.717, 1.165) is 16.9 Å². The van der Waals surface area contributed by atoms with E-state index in [1.165, 1.54) is 77.5 Å². The molecule has 4 aromatic heterocycles. The lowest BCUT2D eigenvalue weighted by Crippen LogP contribution is -2.52. The van der Waals surface area contributed by atoms with Crippen LogP contribution in [0.1, 0.15) is 77.6 Å². The van der Waals surface area contributed by atoms with Crippen molar-refractivity contribution in [3.8, 4) is 11.5 Å². The van der Waals surface area contributed by atoms with E-state index in [9.17, 15) is 49.1 Å². The highest BCUT2D eigenvalue weighted by molar-refractivity contribution is 5.96. The maximum atomic E-state index is 15.2. The van der Waals surface area contributed by atoms with Crippen LogP contribution in [-0.4, -0.2) is 99.7 Å². The van der Waals surface area contributed by atoms with Crippen molar-refractivity contribution < 1.29 is 68.1 Å². The van der Waals surface area contributed by atoms with Crippen LogP contribution in [0.25, 0.3) is 11.3 Å². The SMILES string of the molecule is CCc1nc2cc(F)ccn2c1C(=O)CCc1ccc(N2CCN(c3ccc(OC(F)(F)F)cc3)[C@@H](C)C2)c(F)c1.CCc1nc2cc(F)ccn2c1C(=O)O.C[C@H]1CN(c2ccc(CN)cc2F)CCN1c1ccc(OC(F)(F)F)cc1. The van der Waals surface area contributed by atoms with Crippen molar-refractivity contribution in [3.63, 3.8) is 0 Å². The summed E-state index contributed by atoms with van der Waals surface area (Å²) in [6.07, 6.45) is -5.06. The smallest absolute Gasteiger partial charge is 0.477 e. The highest BCUT2D eigenvalue weighted by Gasteiger charge is 2.33. The number of ether oxygens (including phenoxy) is 2. The van der Waals surface area contributed by atoms with Crippen LogP contribution in [0.4, 0.5) is 66.7 Å². The molecule has 440 valence electrons. The van der Waals surface area contributed by atoms with E-state index in [2.05, 4.69) is 29.2 Å². The quantitative estimate of drug-likeness (QED) is 0.0789. The first kappa shape index (κ1) is 60.6. The molecule has 0 unspecified atom stereocenters.